The lowest BCUT2D eigenvalue weighted by atomic mass is 9.69. The van der Waals surface area contributed by atoms with E-state index in [-0.39, 0.29) is 11.5 Å². The van der Waals surface area contributed by atoms with Gasteiger partial charge in [-0.1, -0.05) is 78.9 Å². The zero-order valence-electron chi connectivity index (χ0n) is 12.4. The third-order valence-electron chi connectivity index (χ3n) is 4.41. The number of nitrogens with two attached hydrogens (primary N) is 1. The summed E-state index contributed by atoms with van der Waals surface area (Å²) in [5.41, 5.74) is 9.78. The molecular formula is C20H21N. The Balaban J connectivity index is 2.15. The van der Waals surface area contributed by atoms with E-state index in [1.54, 1.807) is 0 Å². The molecule has 0 saturated carbocycles. The molecule has 1 nitrogen and oxygen atoms in total. The highest BCUT2D eigenvalue weighted by molar-refractivity contribution is 5.52. The first-order chi connectivity index (χ1) is 10.2. The summed E-state index contributed by atoms with van der Waals surface area (Å²) in [4.78, 5) is 0. The van der Waals surface area contributed by atoms with E-state index >= 15 is 0 Å². The maximum absolute atomic E-state index is 5.99. The Hall–Kier alpha value is -2.12. The molecule has 0 aliphatic heterocycles. The highest BCUT2D eigenvalue weighted by Crippen LogP contribution is 2.40. The first kappa shape index (κ1) is 13.8. The first-order valence-corrected chi connectivity index (χ1v) is 7.47. The van der Waals surface area contributed by atoms with Gasteiger partial charge in [0, 0.05) is 11.5 Å². The van der Waals surface area contributed by atoms with E-state index < -0.39 is 0 Å². The molecule has 0 saturated heterocycles. The minimum Gasteiger partial charge on any atom is -0.324 e. The van der Waals surface area contributed by atoms with Crippen molar-refractivity contribution in [2.45, 2.75) is 24.8 Å². The average molecular weight is 275 g/mol. The molecule has 21 heavy (non-hydrogen) atoms. The Kier molecular flexibility index (Phi) is 3.76. The minimum atomic E-state index is -0.140. The van der Waals surface area contributed by atoms with Crippen LogP contribution in [0.4, 0.5) is 0 Å². The van der Waals surface area contributed by atoms with E-state index in [0.29, 0.717) is 0 Å². The maximum Gasteiger partial charge on any atom is 0.0420 e. The lowest BCUT2D eigenvalue weighted by Gasteiger charge is -2.34. The Morgan fingerprint density at radius 2 is 1.43 bits per heavy atom. The van der Waals surface area contributed by atoms with E-state index in [0.717, 1.165) is 6.42 Å². The van der Waals surface area contributed by atoms with Crippen molar-refractivity contribution in [1.82, 2.24) is 0 Å². The van der Waals surface area contributed by atoms with Crippen LogP contribution in [0.5, 0.6) is 0 Å². The summed E-state index contributed by atoms with van der Waals surface area (Å²) >= 11 is 0. The van der Waals surface area contributed by atoms with Crippen molar-refractivity contribution >= 4 is 0 Å². The van der Waals surface area contributed by atoms with Crippen LogP contribution < -0.4 is 5.73 Å². The molecule has 1 unspecified atom stereocenters. The highest BCUT2D eigenvalue weighted by atomic mass is 14.6. The topological polar surface area (TPSA) is 26.0 Å². The van der Waals surface area contributed by atoms with Gasteiger partial charge < -0.3 is 5.73 Å². The second-order valence-electron chi connectivity index (χ2n) is 5.78. The fourth-order valence-electron chi connectivity index (χ4n) is 3.05. The lowest BCUT2D eigenvalue weighted by Crippen LogP contribution is -2.28. The maximum atomic E-state index is 5.99. The van der Waals surface area contributed by atoms with Crippen LogP contribution in [0.25, 0.3) is 0 Å². The van der Waals surface area contributed by atoms with Crippen molar-refractivity contribution in [2.75, 3.05) is 0 Å². The van der Waals surface area contributed by atoms with Crippen molar-refractivity contribution in [1.29, 1.82) is 0 Å². The van der Waals surface area contributed by atoms with Gasteiger partial charge >= 0.3 is 0 Å². The van der Waals surface area contributed by atoms with Crippen LogP contribution in [0.1, 0.15) is 24.5 Å². The van der Waals surface area contributed by atoms with Crippen LogP contribution in [0.3, 0.4) is 0 Å². The average Bonchev–Trinajstić information content (AvgIpc) is 2.56. The second kappa shape index (κ2) is 5.71. The predicted molar refractivity (Wildman–Crippen MR) is 89.2 cm³/mol. The summed E-state index contributed by atoms with van der Waals surface area (Å²) in [6.45, 7) is 2.30. The molecule has 0 fully saturated rings. The van der Waals surface area contributed by atoms with Gasteiger partial charge in [-0.05, 0) is 30.0 Å². The van der Waals surface area contributed by atoms with Gasteiger partial charge in [-0.2, -0.15) is 0 Å². The molecule has 0 radical (unpaired) electrons. The lowest BCUT2D eigenvalue weighted by molar-refractivity contribution is 0.671. The number of hydrogen-bond donors (Lipinski definition) is 1. The monoisotopic (exact) mass is 275 g/mol. The zero-order chi connectivity index (χ0) is 14.7. The van der Waals surface area contributed by atoms with Crippen LogP contribution in [-0.2, 0) is 5.41 Å². The van der Waals surface area contributed by atoms with Crippen molar-refractivity contribution < 1.29 is 0 Å². The van der Waals surface area contributed by atoms with Crippen molar-refractivity contribution in [3.63, 3.8) is 0 Å². The third-order valence-corrected chi connectivity index (χ3v) is 4.41. The molecule has 1 aliphatic rings. The standard InChI is InChI=1S/C20H21N/c1-20(16-8-4-2-5-9-16,17-10-6-3-7-11-17)18-12-14-19(21)15-13-18/h2-14,19H,15,21H2,1H3. The Bertz CT molecular complexity index is 613. The molecule has 0 spiro atoms. The van der Waals surface area contributed by atoms with Gasteiger partial charge in [0.1, 0.15) is 0 Å². The number of allylic oxidation sites excluding steroid dienone is 2. The quantitative estimate of drug-likeness (QED) is 0.892. The van der Waals surface area contributed by atoms with Crippen molar-refractivity contribution in [3.8, 4) is 0 Å². The van der Waals surface area contributed by atoms with Crippen molar-refractivity contribution in [2.24, 2.45) is 5.73 Å². The fraction of sp³-hybridized carbons (Fsp3) is 0.200. The molecular weight excluding hydrogens is 254 g/mol. The fourth-order valence-corrected chi connectivity index (χ4v) is 3.05. The SMILES string of the molecule is CC(C1=CCC(N)C=C1)(c1ccccc1)c1ccccc1. The van der Waals surface area contributed by atoms with Crippen molar-refractivity contribution in [3.05, 3.63) is 95.6 Å². The van der Waals surface area contributed by atoms with Crippen LogP contribution in [0.2, 0.25) is 0 Å². The van der Waals surface area contributed by atoms with Crippen LogP contribution in [0.15, 0.2) is 84.5 Å². The van der Waals surface area contributed by atoms with Gasteiger partial charge in [-0.3, -0.25) is 0 Å². The predicted octanol–water partition coefficient (Wildman–Crippen LogP) is 4.21. The molecule has 2 aromatic rings. The molecule has 1 heteroatoms. The van der Waals surface area contributed by atoms with Gasteiger partial charge in [0.05, 0.1) is 0 Å². The number of hydrogen-bond acceptors (Lipinski definition) is 1. The van der Waals surface area contributed by atoms with E-state index in [2.05, 4.69) is 85.8 Å². The van der Waals surface area contributed by atoms with Gasteiger partial charge in [-0.25, -0.2) is 0 Å². The molecule has 1 aliphatic carbocycles. The second-order valence-corrected chi connectivity index (χ2v) is 5.78. The smallest absolute Gasteiger partial charge is 0.0420 e. The van der Waals surface area contributed by atoms with Gasteiger partial charge in [0.25, 0.3) is 0 Å². The Morgan fingerprint density at radius 3 is 1.86 bits per heavy atom. The summed E-state index contributed by atoms with van der Waals surface area (Å²) < 4.78 is 0. The van der Waals surface area contributed by atoms with Crippen LogP contribution in [-0.4, -0.2) is 6.04 Å². The molecule has 0 aromatic heterocycles. The largest absolute Gasteiger partial charge is 0.324 e. The minimum absolute atomic E-state index is 0.140. The molecule has 0 amide bonds. The summed E-state index contributed by atoms with van der Waals surface area (Å²) in [5, 5.41) is 0. The van der Waals surface area contributed by atoms with Gasteiger partial charge in [0.2, 0.25) is 0 Å². The number of rotatable bonds is 3. The molecule has 2 aromatic carbocycles. The summed E-state index contributed by atoms with van der Waals surface area (Å²) in [6, 6.07) is 21.5. The number of benzene rings is 2. The third kappa shape index (κ3) is 2.57. The molecule has 1 atom stereocenters. The molecule has 106 valence electrons. The Labute approximate surface area is 126 Å². The first-order valence-electron chi connectivity index (χ1n) is 7.47. The van der Waals surface area contributed by atoms with E-state index in [1.807, 2.05) is 0 Å². The van der Waals surface area contributed by atoms with Gasteiger partial charge in [0.15, 0.2) is 0 Å². The summed E-state index contributed by atoms with van der Waals surface area (Å²) in [7, 11) is 0. The molecule has 2 N–H and O–H groups in total. The summed E-state index contributed by atoms with van der Waals surface area (Å²) in [5.74, 6) is 0. The van der Waals surface area contributed by atoms with Crippen LogP contribution in [0, 0.1) is 0 Å². The molecule has 3 rings (SSSR count). The van der Waals surface area contributed by atoms with Gasteiger partial charge in [-0.15, -0.1) is 0 Å². The molecule has 0 heterocycles. The van der Waals surface area contributed by atoms with E-state index in [1.165, 1.54) is 16.7 Å². The van der Waals surface area contributed by atoms with E-state index in [4.69, 9.17) is 5.73 Å². The van der Waals surface area contributed by atoms with E-state index in [9.17, 15) is 0 Å². The Morgan fingerprint density at radius 1 is 0.905 bits per heavy atom. The van der Waals surface area contributed by atoms with Crippen LogP contribution >= 0.6 is 0 Å². The normalized spacial score (nSPS) is 18.4. The zero-order valence-corrected chi connectivity index (χ0v) is 12.4. The summed E-state index contributed by atoms with van der Waals surface area (Å²) in [6.07, 6.45) is 7.49. The molecule has 0 bridgehead atoms. The highest BCUT2D eigenvalue weighted by Gasteiger charge is 2.32.